The lowest BCUT2D eigenvalue weighted by atomic mass is 10.1. The summed E-state index contributed by atoms with van der Waals surface area (Å²) in [5.41, 5.74) is 3.43. The smallest absolute Gasteiger partial charge is 0.307 e. The summed E-state index contributed by atoms with van der Waals surface area (Å²) < 4.78 is 6.45. The third-order valence-electron chi connectivity index (χ3n) is 4.56. The van der Waals surface area contributed by atoms with Crippen LogP contribution in [0.2, 0.25) is 5.02 Å². The number of aromatic nitrogens is 2. The first kappa shape index (κ1) is 18.5. The summed E-state index contributed by atoms with van der Waals surface area (Å²) in [5.74, 6) is -0.601. The number of benzene rings is 1. The number of nitrogens with zero attached hydrogens (tertiary/aromatic N) is 2. The van der Waals surface area contributed by atoms with Gasteiger partial charge < -0.3 is 10.1 Å². The molecule has 6 nitrogen and oxygen atoms in total. The summed E-state index contributed by atoms with van der Waals surface area (Å²) >= 11 is 5.99. The zero-order valence-electron chi connectivity index (χ0n) is 14.8. The fourth-order valence-electron chi connectivity index (χ4n) is 3.22. The van der Waals surface area contributed by atoms with Gasteiger partial charge in [-0.2, -0.15) is 5.10 Å². The molecule has 138 valence electrons. The van der Waals surface area contributed by atoms with Crippen LogP contribution in [0.5, 0.6) is 0 Å². The average molecular weight is 376 g/mol. The maximum atomic E-state index is 12.6. The van der Waals surface area contributed by atoms with Crippen LogP contribution in [-0.4, -0.2) is 35.3 Å². The highest BCUT2D eigenvalue weighted by atomic mass is 35.5. The van der Waals surface area contributed by atoms with Gasteiger partial charge in [0.25, 0.3) is 5.91 Å². The molecule has 0 unspecified atom stereocenters. The Bertz CT molecular complexity index is 799. The number of rotatable bonds is 5. The lowest BCUT2D eigenvalue weighted by Gasteiger charge is -2.07. The van der Waals surface area contributed by atoms with E-state index in [0.29, 0.717) is 10.7 Å². The van der Waals surface area contributed by atoms with E-state index in [9.17, 15) is 9.59 Å². The first-order chi connectivity index (χ1) is 12.6. The molecule has 1 heterocycles. The number of hydrogen-bond donors (Lipinski definition) is 1. The van der Waals surface area contributed by atoms with Crippen molar-refractivity contribution < 1.29 is 14.3 Å². The molecule has 3 rings (SSSR count). The molecule has 1 amide bonds. The van der Waals surface area contributed by atoms with Crippen LogP contribution in [0.1, 0.15) is 47.4 Å². The summed E-state index contributed by atoms with van der Waals surface area (Å²) in [4.78, 5) is 23.9. The fraction of sp³-hybridized carbons (Fsp3) is 0.421. The molecule has 0 radical (unpaired) electrons. The van der Waals surface area contributed by atoms with Crippen molar-refractivity contribution in [3.8, 4) is 5.69 Å². The monoisotopic (exact) mass is 375 g/mol. The van der Waals surface area contributed by atoms with Crippen LogP contribution in [-0.2, 0) is 22.4 Å². The van der Waals surface area contributed by atoms with E-state index < -0.39 is 0 Å². The van der Waals surface area contributed by atoms with Crippen molar-refractivity contribution in [1.29, 1.82) is 0 Å². The molecule has 0 atom stereocenters. The van der Waals surface area contributed by atoms with E-state index in [2.05, 4.69) is 15.2 Å². The molecule has 0 spiro atoms. The van der Waals surface area contributed by atoms with Gasteiger partial charge in [0.1, 0.15) is 0 Å². The van der Waals surface area contributed by atoms with E-state index in [1.165, 1.54) is 7.11 Å². The van der Waals surface area contributed by atoms with Crippen molar-refractivity contribution in [2.24, 2.45) is 0 Å². The molecule has 2 aromatic rings. The third kappa shape index (κ3) is 4.07. The minimum absolute atomic E-state index is 0.141. The van der Waals surface area contributed by atoms with Crippen molar-refractivity contribution in [1.82, 2.24) is 15.1 Å². The first-order valence-corrected chi connectivity index (χ1v) is 9.19. The number of halogens is 1. The number of amides is 1. The van der Waals surface area contributed by atoms with Crippen LogP contribution in [0.25, 0.3) is 5.69 Å². The van der Waals surface area contributed by atoms with Gasteiger partial charge >= 0.3 is 5.97 Å². The summed E-state index contributed by atoms with van der Waals surface area (Å²) in [6.45, 7) is 0.230. The third-order valence-corrected chi connectivity index (χ3v) is 4.81. The van der Waals surface area contributed by atoms with Gasteiger partial charge in [-0.05, 0) is 49.9 Å². The van der Waals surface area contributed by atoms with Gasteiger partial charge in [0.05, 0.1) is 19.2 Å². The Labute approximate surface area is 157 Å². The molecule has 1 N–H and O–H groups in total. The summed E-state index contributed by atoms with van der Waals surface area (Å²) in [6, 6.07) is 7.44. The summed E-state index contributed by atoms with van der Waals surface area (Å²) in [5, 5.41) is 8.03. The Morgan fingerprint density at radius 1 is 1.19 bits per heavy atom. The highest BCUT2D eigenvalue weighted by Crippen LogP contribution is 2.27. The van der Waals surface area contributed by atoms with Crippen LogP contribution in [0, 0.1) is 0 Å². The second-order valence-corrected chi connectivity index (χ2v) is 6.74. The van der Waals surface area contributed by atoms with E-state index in [-0.39, 0.29) is 24.8 Å². The number of carbonyl (C=O) groups is 2. The van der Waals surface area contributed by atoms with Crippen molar-refractivity contribution in [2.75, 3.05) is 13.7 Å². The Morgan fingerprint density at radius 3 is 2.65 bits per heavy atom. The molecule has 0 aliphatic heterocycles. The summed E-state index contributed by atoms with van der Waals surface area (Å²) in [7, 11) is 1.33. The number of ether oxygens (including phenoxy) is 1. The predicted octanol–water partition coefficient (Wildman–Crippen LogP) is 3.09. The first-order valence-electron chi connectivity index (χ1n) is 8.82. The molecule has 1 aliphatic carbocycles. The van der Waals surface area contributed by atoms with Crippen LogP contribution < -0.4 is 5.32 Å². The maximum absolute atomic E-state index is 12.6. The Hall–Kier alpha value is -2.34. The zero-order chi connectivity index (χ0) is 18.5. The Morgan fingerprint density at radius 2 is 1.92 bits per heavy atom. The van der Waals surface area contributed by atoms with Crippen LogP contribution >= 0.6 is 11.6 Å². The lowest BCUT2D eigenvalue weighted by molar-refractivity contribution is -0.140. The Balaban J connectivity index is 1.89. The van der Waals surface area contributed by atoms with Crippen molar-refractivity contribution in [3.63, 3.8) is 0 Å². The second kappa shape index (κ2) is 8.36. The molecule has 1 aromatic heterocycles. The standard InChI is InChI=1S/C19H22ClN3O3/c1-26-17(24)11-12-21-19(25)18-15-5-3-2-4-6-16(15)23(22-18)14-9-7-13(20)8-10-14/h7-10H,2-6,11-12H2,1H3,(H,21,25). The van der Waals surface area contributed by atoms with E-state index >= 15 is 0 Å². The molecule has 0 saturated heterocycles. The van der Waals surface area contributed by atoms with Gasteiger partial charge in [-0.1, -0.05) is 18.0 Å². The van der Waals surface area contributed by atoms with Gasteiger partial charge in [-0.3, -0.25) is 9.59 Å². The van der Waals surface area contributed by atoms with Gasteiger partial charge in [0.2, 0.25) is 0 Å². The van der Waals surface area contributed by atoms with E-state index in [1.807, 2.05) is 28.9 Å². The molecule has 26 heavy (non-hydrogen) atoms. The molecular formula is C19H22ClN3O3. The van der Waals surface area contributed by atoms with Crippen LogP contribution in [0.3, 0.4) is 0 Å². The van der Waals surface area contributed by atoms with Crippen LogP contribution in [0.4, 0.5) is 0 Å². The number of nitrogens with one attached hydrogen (secondary N) is 1. The van der Waals surface area contributed by atoms with Crippen molar-refractivity contribution in [2.45, 2.75) is 38.5 Å². The number of fused-ring (bicyclic) bond motifs is 1. The van der Waals surface area contributed by atoms with Crippen LogP contribution in [0.15, 0.2) is 24.3 Å². The highest BCUT2D eigenvalue weighted by Gasteiger charge is 2.24. The number of hydrogen-bond acceptors (Lipinski definition) is 4. The van der Waals surface area contributed by atoms with Gasteiger partial charge in [-0.25, -0.2) is 4.68 Å². The topological polar surface area (TPSA) is 73.2 Å². The molecule has 7 heteroatoms. The molecule has 0 saturated carbocycles. The number of carbonyl (C=O) groups excluding carboxylic acids is 2. The van der Waals surface area contributed by atoms with Crippen molar-refractivity contribution >= 4 is 23.5 Å². The molecule has 1 aliphatic rings. The van der Waals surface area contributed by atoms with E-state index in [4.69, 9.17) is 11.6 Å². The minimum Gasteiger partial charge on any atom is -0.469 e. The number of esters is 1. The normalized spacial score (nSPS) is 13.6. The zero-order valence-corrected chi connectivity index (χ0v) is 15.5. The highest BCUT2D eigenvalue weighted by molar-refractivity contribution is 6.30. The maximum Gasteiger partial charge on any atom is 0.307 e. The fourth-order valence-corrected chi connectivity index (χ4v) is 3.34. The van der Waals surface area contributed by atoms with E-state index in [0.717, 1.165) is 49.0 Å². The molecule has 0 fully saturated rings. The van der Waals surface area contributed by atoms with E-state index in [1.54, 1.807) is 0 Å². The quantitative estimate of drug-likeness (QED) is 0.643. The average Bonchev–Trinajstić information content (AvgIpc) is 2.83. The predicted molar refractivity (Wildman–Crippen MR) is 98.8 cm³/mol. The van der Waals surface area contributed by atoms with Gasteiger partial charge in [0, 0.05) is 22.8 Å². The largest absolute Gasteiger partial charge is 0.469 e. The molecule has 1 aromatic carbocycles. The SMILES string of the molecule is COC(=O)CCNC(=O)c1nn(-c2ccc(Cl)cc2)c2c1CCCCC2. The number of methoxy groups -OCH3 is 1. The Kier molecular flexibility index (Phi) is 5.93. The van der Waals surface area contributed by atoms with Gasteiger partial charge in [0.15, 0.2) is 5.69 Å². The lowest BCUT2D eigenvalue weighted by Crippen LogP contribution is -2.27. The second-order valence-electron chi connectivity index (χ2n) is 6.30. The van der Waals surface area contributed by atoms with Crippen molar-refractivity contribution in [3.05, 3.63) is 46.2 Å². The van der Waals surface area contributed by atoms with Gasteiger partial charge in [-0.15, -0.1) is 0 Å². The summed E-state index contributed by atoms with van der Waals surface area (Å²) in [6.07, 6.45) is 5.13. The molecular weight excluding hydrogens is 354 g/mol. The minimum atomic E-state index is -0.351. The molecule has 0 bridgehead atoms.